The van der Waals surface area contributed by atoms with Gasteiger partial charge in [0.1, 0.15) is 12.1 Å². The number of hydrogen-bond donors (Lipinski definition) is 3. The van der Waals surface area contributed by atoms with Gasteiger partial charge in [-0.15, -0.1) is 0 Å². The van der Waals surface area contributed by atoms with Gasteiger partial charge in [-0.2, -0.15) is 0 Å². The van der Waals surface area contributed by atoms with Crippen molar-refractivity contribution < 1.29 is 19.1 Å². The van der Waals surface area contributed by atoms with Crippen LogP contribution >= 0.6 is 11.6 Å². The summed E-state index contributed by atoms with van der Waals surface area (Å²) in [5.41, 5.74) is 1.32. The maximum Gasteiger partial charge on any atom is 0.408 e. The summed E-state index contributed by atoms with van der Waals surface area (Å²) in [5, 5.41) is 8.38. The summed E-state index contributed by atoms with van der Waals surface area (Å²) in [6.07, 6.45) is 2.43. The normalized spacial score (nSPS) is 11.1. The Morgan fingerprint density at radius 2 is 1.50 bits per heavy atom. The van der Waals surface area contributed by atoms with Crippen molar-refractivity contribution in [1.82, 2.24) is 5.32 Å². The quantitative estimate of drug-likeness (QED) is 0.591. The first-order valence-electron chi connectivity index (χ1n) is 9.22. The van der Waals surface area contributed by atoms with Crippen molar-refractivity contribution in [1.29, 1.82) is 0 Å². The summed E-state index contributed by atoms with van der Waals surface area (Å²) in [5.74, 6) is -0.688. The van der Waals surface area contributed by atoms with Crippen LogP contribution in [0.5, 0.6) is 0 Å². The molecule has 3 amide bonds. The molecular weight excluding hydrogens is 406 g/mol. The lowest BCUT2D eigenvalue weighted by Crippen LogP contribution is -2.37. The number of carbonyl (C=O) groups is 3. The molecule has 0 unspecified atom stereocenters. The number of ether oxygens (including phenoxy) is 1. The number of carbonyl (C=O) groups excluding carboxylic acids is 3. The molecule has 0 radical (unpaired) electrons. The minimum atomic E-state index is -0.664. The third-order valence-corrected chi connectivity index (χ3v) is 3.78. The Hall–Kier alpha value is -3.32. The Morgan fingerprint density at radius 1 is 0.933 bits per heavy atom. The van der Waals surface area contributed by atoms with Crippen molar-refractivity contribution in [2.45, 2.75) is 26.4 Å². The number of hydrogen-bond acceptors (Lipinski definition) is 4. The van der Waals surface area contributed by atoms with Crippen LogP contribution in [0.1, 0.15) is 26.3 Å². The Labute approximate surface area is 180 Å². The monoisotopic (exact) mass is 429 g/mol. The average Bonchev–Trinajstić information content (AvgIpc) is 2.66. The molecular formula is C22H24ClN3O4. The lowest BCUT2D eigenvalue weighted by molar-refractivity contribution is -0.115. The van der Waals surface area contributed by atoms with E-state index < -0.39 is 17.6 Å². The van der Waals surface area contributed by atoms with Crippen LogP contribution in [0, 0.1) is 0 Å². The molecule has 0 aliphatic rings. The van der Waals surface area contributed by atoms with Gasteiger partial charge >= 0.3 is 6.09 Å². The number of amides is 3. The Kier molecular flexibility index (Phi) is 8.00. The van der Waals surface area contributed by atoms with Crippen molar-refractivity contribution >= 4 is 47.0 Å². The first kappa shape index (κ1) is 23.0. The van der Waals surface area contributed by atoms with Crippen molar-refractivity contribution in [3.05, 3.63) is 65.2 Å². The van der Waals surface area contributed by atoms with Crippen LogP contribution < -0.4 is 16.0 Å². The van der Waals surface area contributed by atoms with E-state index in [0.717, 1.165) is 5.56 Å². The molecule has 0 atom stereocenters. The lowest BCUT2D eigenvalue weighted by Gasteiger charge is -2.19. The van der Waals surface area contributed by atoms with Gasteiger partial charge in [-0.3, -0.25) is 9.59 Å². The maximum atomic E-state index is 12.0. The number of halogens is 1. The Bertz CT molecular complexity index is 917. The molecule has 158 valence electrons. The molecule has 2 aromatic carbocycles. The van der Waals surface area contributed by atoms with Gasteiger partial charge in [0.25, 0.3) is 0 Å². The van der Waals surface area contributed by atoms with Gasteiger partial charge < -0.3 is 20.7 Å². The van der Waals surface area contributed by atoms with E-state index in [1.54, 1.807) is 75.4 Å². The van der Waals surface area contributed by atoms with Crippen molar-refractivity contribution in [3.63, 3.8) is 0 Å². The second-order valence-electron chi connectivity index (χ2n) is 7.36. The van der Waals surface area contributed by atoms with Crippen molar-refractivity contribution in [2.75, 3.05) is 17.2 Å². The van der Waals surface area contributed by atoms with E-state index in [4.69, 9.17) is 16.3 Å². The minimum Gasteiger partial charge on any atom is -0.444 e. The topological polar surface area (TPSA) is 96.5 Å². The third kappa shape index (κ3) is 8.79. The summed E-state index contributed by atoms with van der Waals surface area (Å²) < 4.78 is 5.06. The highest BCUT2D eigenvalue weighted by atomic mass is 35.5. The summed E-state index contributed by atoms with van der Waals surface area (Å²) in [4.78, 5) is 35.5. The molecule has 3 N–H and O–H groups in total. The number of nitrogens with one attached hydrogen (secondary N) is 3. The van der Waals surface area contributed by atoms with Gasteiger partial charge in [0, 0.05) is 22.5 Å². The minimum absolute atomic E-state index is 0.219. The molecule has 2 aromatic rings. The first-order chi connectivity index (χ1) is 14.1. The summed E-state index contributed by atoms with van der Waals surface area (Å²) >= 11 is 5.83. The lowest BCUT2D eigenvalue weighted by atomic mass is 10.2. The van der Waals surface area contributed by atoms with Gasteiger partial charge in [0.15, 0.2) is 0 Å². The number of alkyl carbamates (subject to hydrolysis) is 1. The van der Waals surface area contributed by atoms with E-state index in [0.29, 0.717) is 16.4 Å². The highest BCUT2D eigenvalue weighted by molar-refractivity contribution is 6.30. The molecule has 0 heterocycles. The second-order valence-corrected chi connectivity index (χ2v) is 7.79. The first-order valence-corrected chi connectivity index (χ1v) is 9.60. The highest BCUT2D eigenvalue weighted by Crippen LogP contribution is 2.14. The predicted octanol–water partition coefficient (Wildman–Crippen LogP) is 4.46. The van der Waals surface area contributed by atoms with E-state index in [-0.39, 0.29) is 12.5 Å². The van der Waals surface area contributed by atoms with Gasteiger partial charge in [0.05, 0.1) is 0 Å². The molecule has 0 aliphatic carbocycles. The zero-order valence-corrected chi connectivity index (χ0v) is 17.7. The maximum absolute atomic E-state index is 12.0. The second kappa shape index (κ2) is 10.5. The summed E-state index contributed by atoms with van der Waals surface area (Å²) in [7, 11) is 0. The fourth-order valence-electron chi connectivity index (χ4n) is 2.24. The molecule has 0 fully saturated rings. The molecule has 0 aliphatic heterocycles. The molecule has 0 aromatic heterocycles. The van der Waals surface area contributed by atoms with Gasteiger partial charge in [-0.1, -0.05) is 23.7 Å². The number of anilines is 2. The fourth-order valence-corrected chi connectivity index (χ4v) is 2.36. The molecule has 0 spiro atoms. The van der Waals surface area contributed by atoms with Crippen LogP contribution in [-0.4, -0.2) is 30.1 Å². The van der Waals surface area contributed by atoms with Gasteiger partial charge in [-0.05, 0) is 68.8 Å². The number of rotatable bonds is 6. The van der Waals surface area contributed by atoms with Crippen molar-refractivity contribution in [3.8, 4) is 0 Å². The summed E-state index contributed by atoms with van der Waals surface area (Å²) in [6, 6.07) is 13.7. The standard InChI is InChI=1S/C22H24ClN3O4/c1-22(2,3)30-21(29)24-14-20(28)26-18-11-9-17(10-12-18)25-19(27)13-6-15-4-7-16(23)8-5-15/h4-13H,14H2,1-3H3,(H,24,29)(H,25,27)(H,26,28)/b13-6+. The molecule has 0 saturated heterocycles. The number of benzene rings is 2. The third-order valence-electron chi connectivity index (χ3n) is 3.53. The zero-order valence-electron chi connectivity index (χ0n) is 17.0. The van der Waals surface area contributed by atoms with E-state index in [1.807, 2.05) is 0 Å². The van der Waals surface area contributed by atoms with Crippen molar-refractivity contribution in [2.24, 2.45) is 0 Å². The van der Waals surface area contributed by atoms with Crippen LogP contribution in [0.4, 0.5) is 16.2 Å². The molecule has 30 heavy (non-hydrogen) atoms. The predicted molar refractivity (Wildman–Crippen MR) is 118 cm³/mol. The Morgan fingerprint density at radius 3 is 2.07 bits per heavy atom. The molecule has 2 rings (SSSR count). The summed E-state index contributed by atoms with van der Waals surface area (Å²) in [6.45, 7) is 4.99. The Balaban J connectivity index is 1.80. The zero-order chi connectivity index (χ0) is 22.1. The SMILES string of the molecule is CC(C)(C)OC(=O)NCC(=O)Nc1ccc(NC(=O)/C=C/c2ccc(Cl)cc2)cc1. The van der Waals surface area contributed by atoms with Crippen LogP contribution in [0.25, 0.3) is 6.08 Å². The highest BCUT2D eigenvalue weighted by Gasteiger charge is 2.16. The van der Waals surface area contributed by atoms with Crippen LogP contribution in [0.2, 0.25) is 5.02 Å². The molecule has 7 nitrogen and oxygen atoms in total. The van der Waals surface area contributed by atoms with E-state index in [1.165, 1.54) is 6.08 Å². The molecule has 0 saturated carbocycles. The van der Waals surface area contributed by atoms with E-state index in [9.17, 15) is 14.4 Å². The van der Waals surface area contributed by atoms with Gasteiger partial charge in [-0.25, -0.2) is 4.79 Å². The van der Waals surface area contributed by atoms with E-state index >= 15 is 0 Å². The van der Waals surface area contributed by atoms with Gasteiger partial charge in [0.2, 0.25) is 11.8 Å². The molecule has 0 bridgehead atoms. The largest absolute Gasteiger partial charge is 0.444 e. The van der Waals surface area contributed by atoms with Crippen LogP contribution in [0.15, 0.2) is 54.6 Å². The van der Waals surface area contributed by atoms with Crippen LogP contribution in [-0.2, 0) is 14.3 Å². The van der Waals surface area contributed by atoms with E-state index in [2.05, 4.69) is 16.0 Å². The smallest absolute Gasteiger partial charge is 0.408 e. The fraction of sp³-hybridized carbons (Fsp3) is 0.227. The average molecular weight is 430 g/mol. The molecule has 8 heteroatoms. The van der Waals surface area contributed by atoms with Crippen LogP contribution in [0.3, 0.4) is 0 Å².